The molecule has 0 aliphatic heterocycles. The first-order valence-electron chi connectivity index (χ1n) is 13.4. The van der Waals surface area contributed by atoms with E-state index in [1.165, 1.54) is 0 Å². The summed E-state index contributed by atoms with van der Waals surface area (Å²) in [5.74, 6) is -0.737. The van der Waals surface area contributed by atoms with Gasteiger partial charge in [-0.05, 0) is 49.2 Å². The maximum Gasteiger partial charge on any atom is 0.276 e. The standard InChI is InChI=1S/C35H28N4O2/c1-23-18-20-28(21-19-23)39-22-29(33(38-39)35(41)37-27-16-10-5-11-17-27)34(40)30-24(2)36-32(26-14-8-4-9-15-26)31(30)25-12-6-3-7-13-25/h3-22,36H,1-2H3,(H,37,41). The second kappa shape index (κ2) is 10.9. The summed E-state index contributed by atoms with van der Waals surface area (Å²) in [5, 5.41) is 7.52. The van der Waals surface area contributed by atoms with Crippen molar-refractivity contribution >= 4 is 17.4 Å². The van der Waals surface area contributed by atoms with Gasteiger partial charge in [0.15, 0.2) is 11.5 Å². The molecule has 4 aromatic carbocycles. The molecule has 1 amide bonds. The second-order valence-corrected chi connectivity index (χ2v) is 9.93. The second-order valence-electron chi connectivity index (χ2n) is 9.93. The van der Waals surface area contributed by atoms with Gasteiger partial charge in [-0.2, -0.15) is 5.10 Å². The number of carbonyl (C=O) groups is 2. The molecule has 0 fully saturated rings. The van der Waals surface area contributed by atoms with E-state index in [4.69, 9.17) is 0 Å². The molecular formula is C35H28N4O2. The molecule has 0 unspecified atom stereocenters. The van der Waals surface area contributed by atoms with Crippen LogP contribution in [0.25, 0.3) is 28.1 Å². The van der Waals surface area contributed by atoms with Gasteiger partial charge in [0.1, 0.15) is 0 Å². The number of aromatic amines is 1. The first kappa shape index (κ1) is 25.8. The van der Waals surface area contributed by atoms with Crippen molar-refractivity contribution in [2.75, 3.05) is 5.32 Å². The van der Waals surface area contributed by atoms with Crippen molar-refractivity contribution in [3.8, 4) is 28.1 Å². The van der Waals surface area contributed by atoms with Gasteiger partial charge in [0.05, 0.1) is 22.5 Å². The third-order valence-electron chi connectivity index (χ3n) is 7.04. The van der Waals surface area contributed by atoms with Crippen LogP contribution in [0.1, 0.15) is 37.7 Å². The topological polar surface area (TPSA) is 79.8 Å². The number of ketones is 1. The van der Waals surface area contributed by atoms with E-state index in [0.29, 0.717) is 16.9 Å². The predicted molar refractivity (Wildman–Crippen MR) is 163 cm³/mol. The molecule has 200 valence electrons. The van der Waals surface area contributed by atoms with Gasteiger partial charge in [-0.25, -0.2) is 4.68 Å². The summed E-state index contributed by atoms with van der Waals surface area (Å²) in [4.78, 5) is 31.6. The number of anilines is 1. The maximum atomic E-state index is 14.5. The van der Waals surface area contributed by atoms with E-state index in [1.807, 2.05) is 117 Å². The first-order chi connectivity index (χ1) is 20.0. The van der Waals surface area contributed by atoms with Crippen LogP contribution in [0.4, 0.5) is 5.69 Å². The van der Waals surface area contributed by atoms with Crippen molar-refractivity contribution in [2.24, 2.45) is 0 Å². The van der Waals surface area contributed by atoms with E-state index in [-0.39, 0.29) is 17.0 Å². The van der Waals surface area contributed by atoms with Gasteiger partial charge < -0.3 is 10.3 Å². The summed E-state index contributed by atoms with van der Waals surface area (Å²) in [7, 11) is 0. The van der Waals surface area contributed by atoms with E-state index in [0.717, 1.165) is 33.6 Å². The van der Waals surface area contributed by atoms with E-state index in [1.54, 1.807) is 23.0 Å². The number of aromatic nitrogens is 3. The lowest BCUT2D eigenvalue weighted by atomic mass is 9.92. The molecular weight excluding hydrogens is 508 g/mol. The average Bonchev–Trinajstić information content (AvgIpc) is 3.61. The van der Waals surface area contributed by atoms with Crippen LogP contribution in [0.5, 0.6) is 0 Å². The van der Waals surface area contributed by atoms with E-state index < -0.39 is 5.91 Å². The van der Waals surface area contributed by atoms with Crippen molar-refractivity contribution in [1.29, 1.82) is 0 Å². The smallest absolute Gasteiger partial charge is 0.276 e. The maximum absolute atomic E-state index is 14.5. The van der Waals surface area contributed by atoms with Gasteiger partial charge in [0.2, 0.25) is 0 Å². The minimum absolute atomic E-state index is 0.0558. The molecule has 0 aliphatic rings. The number of para-hydroxylation sites is 1. The summed E-state index contributed by atoms with van der Waals surface area (Å²) < 4.78 is 1.59. The fraction of sp³-hybridized carbons (Fsp3) is 0.0571. The Kier molecular flexibility index (Phi) is 6.88. The Hall–Kier alpha value is -5.49. The van der Waals surface area contributed by atoms with Gasteiger partial charge in [-0.3, -0.25) is 9.59 Å². The third-order valence-corrected chi connectivity index (χ3v) is 7.04. The zero-order valence-corrected chi connectivity index (χ0v) is 22.8. The number of benzene rings is 4. The Morgan fingerprint density at radius 1 is 0.732 bits per heavy atom. The van der Waals surface area contributed by atoms with Gasteiger partial charge in [0.25, 0.3) is 5.91 Å². The number of rotatable bonds is 7. The molecule has 6 aromatic rings. The number of nitrogens with zero attached hydrogens (tertiary/aromatic N) is 2. The fourth-order valence-corrected chi connectivity index (χ4v) is 5.01. The van der Waals surface area contributed by atoms with Crippen LogP contribution in [0, 0.1) is 13.8 Å². The lowest BCUT2D eigenvalue weighted by Gasteiger charge is -2.09. The van der Waals surface area contributed by atoms with Gasteiger partial charge in [-0.1, -0.05) is 96.6 Å². The lowest BCUT2D eigenvalue weighted by molar-refractivity contribution is 0.0993. The predicted octanol–water partition coefficient (Wildman–Crippen LogP) is 7.63. The number of hydrogen-bond acceptors (Lipinski definition) is 3. The van der Waals surface area contributed by atoms with Crippen LogP contribution in [0.3, 0.4) is 0 Å². The molecule has 0 radical (unpaired) electrons. The Balaban J connectivity index is 1.52. The Bertz CT molecular complexity index is 1840. The molecule has 0 saturated carbocycles. The number of nitrogens with one attached hydrogen (secondary N) is 2. The third kappa shape index (κ3) is 5.11. The van der Waals surface area contributed by atoms with E-state index >= 15 is 0 Å². The molecule has 6 nitrogen and oxygen atoms in total. The molecule has 41 heavy (non-hydrogen) atoms. The van der Waals surface area contributed by atoms with Crippen LogP contribution in [0.2, 0.25) is 0 Å². The van der Waals surface area contributed by atoms with E-state index in [2.05, 4.69) is 15.4 Å². The van der Waals surface area contributed by atoms with Crippen molar-refractivity contribution < 1.29 is 9.59 Å². The SMILES string of the molecule is Cc1ccc(-n2cc(C(=O)c3c(C)[nH]c(-c4ccccc4)c3-c3ccccc3)c(C(=O)Nc3ccccc3)n2)cc1. The van der Waals surface area contributed by atoms with E-state index in [9.17, 15) is 9.59 Å². The lowest BCUT2D eigenvalue weighted by Crippen LogP contribution is -2.17. The van der Waals surface area contributed by atoms with Gasteiger partial charge >= 0.3 is 0 Å². The summed E-state index contributed by atoms with van der Waals surface area (Å²) in [6.07, 6.45) is 1.65. The number of hydrogen-bond donors (Lipinski definition) is 2. The molecule has 0 bridgehead atoms. The normalized spacial score (nSPS) is 10.9. The summed E-state index contributed by atoms with van der Waals surface area (Å²) in [5.41, 5.74) is 7.47. The van der Waals surface area contributed by atoms with Crippen LogP contribution in [-0.4, -0.2) is 26.5 Å². The Morgan fingerprint density at radius 2 is 1.32 bits per heavy atom. The molecule has 2 N–H and O–H groups in total. The summed E-state index contributed by atoms with van der Waals surface area (Å²) >= 11 is 0. The quantitative estimate of drug-likeness (QED) is 0.206. The molecule has 0 aliphatic carbocycles. The van der Waals surface area contributed by atoms with Crippen LogP contribution in [-0.2, 0) is 0 Å². The van der Waals surface area contributed by atoms with Crippen molar-refractivity contribution in [3.63, 3.8) is 0 Å². The number of amides is 1. The summed E-state index contributed by atoms with van der Waals surface area (Å²) in [6.45, 7) is 3.89. The highest BCUT2D eigenvalue weighted by molar-refractivity contribution is 6.20. The first-order valence-corrected chi connectivity index (χ1v) is 13.4. The average molecular weight is 537 g/mol. The van der Waals surface area contributed by atoms with Crippen LogP contribution < -0.4 is 5.32 Å². The molecule has 2 aromatic heterocycles. The highest BCUT2D eigenvalue weighted by atomic mass is 16.2. The van der Waals surface area contributed by atoms with Crippen molar-refractivity contribution in [1.82, 2.24) is 14.8 Å². The number of H-pyrrole nitrogens is 1. The molecule has 6 heteroatoms. The number of carbonyl (C=O) groups excluding carboxylic acids is 2. The van der Waals surface area contributed by atoms with Crippen LogP contribution in [0.15, 0.2) is 121 Å². The van der Waals surface area contributed by atoms with Crippen LogP contribution >= 0.6 is 0 Å². The molecule has 0 saturated heterocycles. The van der Waals surface area contributed by atoms with Gasteiger partial charge in [0, 0.05) is 23.1 Å². The van der Waals surface area contributed by atoms with Crippen molar-refractivity contribution in [3.05, 3.63) is 150 Å². The van der Waals surface area contributed by atoms with Crippen molar-refractivity contribution in [2.45, 2.75) is 13.8 Å². The minimum Gasteiger partial charge on any atom is -0.357 e. The fourth-order valence-electron chi connectivity index (χ4n) is 5.01. The summed E-state index contributed by atoms with van der Waals surface area (Å²) in [6, 6.07) is 36.7. The zero-order valence-electron chi connectivity index (χ0n) is 22.8. The molecule has 6 rings (SSSR count). The molecule has 0 atom stereocenters. The molecule has 2 heterocycles. The largest absolute Gasteiger partial charge is 0.357 e. The van der Waals surface area contributed by atoms with Gasteiger partial charge in [-0.15, -0.1) is 0 Å². The highest BCUT2D eigenvalue weighted by Gasteiger charge is 2.29. The monoisotopic (exact) mass is 536 g/mol. The minimum atomic E-state index is -0.455. The highest BCUT2D eigenvalue weighted by Crippen LogP contribution is 2.38. The molecule has 0 spiro atoms. The Morgan fingerprint density at radius 3 is 1.95 bits per heavy atom. The Labute approximate surface area is 238 Å². The zero-order chi connectivity index (χ0) is 28.3. The number of aryl methyl sites for hydroxylation is 2.